The van der Waals surface area contributed by atoms with Crippen LogP contribution in [0.4, 0.5) is 10.1 Å². The Bertz CT molecular complexity index is 1390. The second kappa shape index (κ2) is 8.71. The number of nitrogens with one attached hydrogen (secondary N) is 1. The molecular formula is C25H20FNO5S. The van der Waals surface area contributed by atoms with Gasteiger partial charge in [0.1, 0.15) is 5.82 Å². The first kappa shape index (κ1) is 22.5. The lowest BCUT2D eigenvalue weighted by molar-refractivity contribution is 0.0974. The number of carbonyl (C=O) groups excluding carboxylic acids is 3. The molecule has 0 heterocycles. The molecule has 0 spiro atoms. The van der Waals surface area contributed by atoms with Gasteiger partial charge in [0, 0.05) is 22.4 Å². The minimum atomic E-state index is -4.09. The molecule has 0 atom stereocenters. The molecule has 0 unspecified atom stereocenters. The summed E-state index contributed by atoms with van der Waals surface area (Å²) in [5.74, 6) is -2.64. The minimum Gasteiger partial charge on any atom is -0.322 e. The molecule has 3 aromatic carbocycles. The molecule has 1 N–H and O–H groups in total. The Hall–Kier alpha value is -3.65. The van der Waals surface area contributed by atoms with E-state index in [0.29, 0.717) is 12.8 Å². The molecule has 0 saturated heterocycles. The van der Waals surface area contributed by atoms with Gasteiger partial charge in [-0.25, -0.2) is 12.8 Å². The fourth-order valence-electron chi connectivity index (χ4n) is 3.83. The molecule has 1 amide bonds. The van der Waals surface area contributed by atoms with Gasteiger partial charge in [-0.2, -0.15) is 0 Å². The van der Waals surface area contributed by atoms with Gasteiger partial charge in [-0.05, 0) is 42.8 Å². The number of hydrogen-bond acceptors (Lipinski definition) is 5. The number of benzene rings is 3. The summed E-state index contributed by atoms with van der Waals surface area (Å²) in [6.07, 6.45) is 0.908. The Balaban J connectivity index is 1.91. The van der Waals surface area contributed by atoms with Gasteiger partial charge in [0.05, 0.1) is 21.8 Å². The van der Waals surface area contributed by atoms with Crippen molar-refractivity contribution in [3.63, 3.8) is 0 Å². The zero-order valence-corrected chi connectivity index (χ0v) is 18.5. The van der Waals surface area contributed by atoms with Gasteiger partial charge in [0.15, 0.2) is 21.4 Å². The summed E-state index contributed by atoms with van der Waals surface area (Å²) in [5, 5.41) is 2.54. The van der Waals surface area contributed by atoms with Crippen LogP contribution >= 0.6 is 0 Å². The van der Waals surface area contributed by atoms with E-state index in [1.807, 2.05) is 6.92 Å². The van der Waals surface area contributed by atoms with Gasteiger partial charge in [-0.15, -0.1) is 0 Å². The molecule has 0 aromatic heterocycles. The molecular weight excluding hydrogens is 445 g/mol. The number of sulfone groups is 1. The van der Waals surface area contributed by atoms with Gasteiger partial charge >= 0.3 is 0 Å². The number of unbranched alkanes of at least 4 members (excludes halogenated alkanes) is 1. The number of hydrogen-bond donors (Lipinski definition) is 1. The number of halogens is 1. The Morgan fingerprint density at radius 2 is 1.52 bits per heavy atom. The first-order valence-corrected chi connectivity index (χ1v) is 12.0. The lowest BCUT2D eigenvalue weighted by atomic mass is 9.83. The van der Waals surface area contributed by atoms with E-state index in [1.165, 1.54) is 36.4 Å². The van der Waals surface area contributed by atoms with E-state index < -0.39 is 38.0 Å². The largest absolute Gasteiger partial charge is 0.322 e. The maximum absolute atomic E-state index is 13.4. The summed E-state index contributed by atoms with van der Waals surface area (Å²) in [7, 11) is -4.09. The quantitative estimate of drug-likeness (QED) is 0.454. The van der Waals surface area contributed by atoms with Crippen molar-refractivity contribution in [2.45, 2.75) is 24.7 Å². The second-order valence-electron chi connectivity index (χ2n) is 7.70. The van der Waals surface area contributed by atoms with E-state index in [4.69, 9.17) is 0 Å². The average Bonchev–Trinajstić information content (AvgIpc) is 2.81. The summed E-state index contributed by atoms with van der Waals surface area (Å²) in [5.41, 5.74) is -0.0272. The fourth-order valence-corrected chi connectivity index (χ4v) is 5.71. The minimum absolute atomic E-state index is 0.0490. The third-order valence-corrected chi connectivity index (χ3v) is 7.34. The van der Waals surface area contributed by atoms with Gasteiger partial charge in [-0.3, -0.25) is 14.4 Å². The maximum Gasteiger partial charge on any atom is 0.257 e. The lowest BCUT2D eigenvalue weighted by Crippen LogP contribution is -2.27. The normalized spacial score (nSPS) is 12.8. The summed E-state index contributed by atoms with van der Waals surface area (Å²) in [6, 6.07) is 13.7. The van der Waals surface area contributed by atoms with Crippen molar-refractivity contribution in [2.75, 3.05) is 11.1 Å². The van der Waals surface area contributed by atoms with E-state index in [1.54, 1.807) is 12.1 Å². The van der Waals surface area contributed by atoms with Crippen molar-refractivity contribution < 1.29 is 27.2 Å². The first-order valence-electron chi connectivity index (χ1n) is 10.4. The molecule has 1 aliphatic rings. The Morgan fingerprint density at radius 3 is 2.15 bits per heavy atom. The lowest BCUT2D eigenvalue weighted by Gasteiger charge is -2.22. The summed E-state index contributed by atoms with van der Waals surface area (Å²) < 4.78 is 39.9. The van der Waals surface area contributed by atoms with Gasteiger partial charge in [0.2, 0.25) is 0 Å². The zero-order chi connectivity index (χ0) is 23.8. The summed E-state index contributed by atoms with van der Waals surface area (Å²) in [6.45, 7) is 1.82. The van der Waals surface area contributed by atoms with Crippen molar-refractivity contribution in [3.05, 3.63) is 94.3 Å². The topological polar surface area (TPSA) is 97.4 Å². The Labute approximate surface area is 190 Å². The van der Waals surface area contributed by atoms with Crippen molar-refractivity contribution in [1.82, 2.24) is 0 Å². The van der Waals surface area contributed by atoms with E-state index in [0.717, 1.165) is 12.1 Å². The van der Waals surface area contributed by atoms with Crippen LogP contribution in [0.15, 0.2) is 65.6 Å². The van der Waals surface area contributed by atoms with Crippen LogP contribution < -0.4 is 5.32 Å². The van der Waals surface area contributed by atoms with Crippen LogP contribution in [0.3, 0.4) is 0 Å². The molecule has 0 bridgehead atoms. The van der Waals surface area contributed by atoms with E-state index in [2.05, 4.69) is 5.32 Å². The molecule has 0 fully saturated rings. The van der Waals surface area contributed by atoms with Crippen LogP contribution in [0.5, 0.6) is 0 Å². The molecule has 33 heavy (non-hydrogen) atoms. The van der Waals surface area contributed by atoms with Crippen LogP contribution in [-0.2, 0) is 9.84 Å². The van der Waals surface area contributed by atoms with Crippen molar-refractivity contribution in [3.8, 4) is 0 Å². The van der Waals surface area contributed by atoms with Crippen LogP contribution in [0.1, 0.15) is 62.0 Å². The predicted octanol–water partition coefficient (Wildman–Crippen LogP) is 4.43. The van der Waals surface area contributed by atoms with E-state index in [-0.39, 0.29) is 39.3 Å². The highest BCUT2D eigenvalue weighted by Gasteiger charge is 2.37. The molecule has 6 nitrogen and oxygen atoms in total. The molecule has 3 aromatic rings. The van der Waals surface area contributed by atoms with Gasteiger partial charge in [0.25, 0.3) is 5.91 Å². The molecule has 0 aliphatic heterocycles. The van der Waals surface area contributed by atoms with Crippen LogP contribution in [0.25, 0.3) is 0 Å². The first-order chi connectivity index (χ1) is 15.7. The third-order valence-electron chi connectivity index (χ3n) is 5.47. The van der Waals surface area contributed by atoms with Gasteiger partial charge in [-0.1, -0.05) is 37.6 Å². The second-order valence-corrected chi connectivity index (χ2v) is 9.75. The highest BCUT2D eigenvalue weighted by atomic mass is 32.2. The van der Waals surface area contributed by atoms with Crippen LogP contribution in [-0.4, -0.2) is 31.6 Å². The van der Waals surface area contributed by atoms with Crippen molar-refractivity contribution >= 4 is 33.0 Å². The molecule has 168 valence electrons. The number of ketones is 2. The zero-order valence-electron chi connectivity index (χ0n) is 17.7. The highest BCUT2D eigenvalue weighted by Crippen LogP contribution is 2.34. The molecule has 4 rings (SSSR count). The fraction of sp³-hybridized carbons (Fsp3) is 0.160. The number of anilines is 1. The van der Waals surface area contributed by atoms with E-state index >= 15 is 0 Å². The SMILES string of the molecule is CCCCS(=O)(=O)c1c(C(=O)Nc2ccc(F)cc2)ccc2c1C(=O)c1ccccc1C2=O. The molecule has 1 aliphatic carbocycles. The Kier molecular flexibility index (Phi) is 5.95. The molecule has 0 radical (unpaired) electrons. The summed E-state index contributed by atoms with van der Waals surface area (Å²) >= 11 is 0. The van der Waals surface area contributed by atoms with Gasteiger partial charge < -0.3 is 5.32 Å². The van der Waals surface area contributed by atoms with Crippen LogP contribution in [0, 0.1) is 5.82 Å². The number of amides is 1. The van der Waals surface area contributed by atoms with Crippen LogP contribution in [0.2, 0.25) is 0 Å². The maximum atomic E-state index is 13.4. The summed E-state index contributed by atoms with van der Waals surface area (Å²) in [4.78, 5) is 39.1. The van der Waals surface area contributed by atoms with E-state index in [9.17, 15) is 27.2 Å². The van der Waals surface area contributed by atoms with Crippen molar-refractivity contribution in [1.29, 1.82) is 0 Å². The molecule has 8 heteroatoms. The average molecular weight is 466 g/mol. The standard InChI is InChI=1S/C25H20FNO5S/c1-2-3-14-33(31,32)24-20(25(30)27-16-10-8-15(26)9-11-16)13-12-19-21(24)23(29)18-7-5-4-6-17(18)22(19)28/h4-13H,2-3,14H2,1H3,(H,27,30). The molecule has 0 saturated carbocycles. The monoisotopic (exact) mass is 465 g/mol. The van der Waals surface area contributed by atoms with Crippen molar-refractivity contribution in [2.24, 2.45) is 0 Å². The third kappa shape index (κ3) is 4.09. The smallest absolute Gasteiger partial charge is 0.257 e. The Morgan fingerprint density at radius 1 is 0.879 bits per heavy atom. The highest BCUT2D eigenvalue weighted by molar-refractivity contribution is 7.91. The number of carbonyl (C=O) groups is 3. The number of fused-ring (bicyclic) bond motifs is 2. The number of rotatable bonds is 6. The predicted molar refractivity (Wildman–Crippen MR) is 121 cm³/mol.